The minimum Gasteiger partial charge on any atom is -0.315 e. The zero-order valence-electron chi connectivity index (χ0n) is 14.9. The third-order valence-corrected chi connectivity index (χ3v) is 8.15. The highest BCUT2D eigenvalue weighted by molar-refractivity contribution is 7.88. The van der Waals surface area contributed by atoms with Crippen molar-refractivity contribution in [1.29, 1.82) is 0 Å². The molecule has 160 valence electrons. The maximum Gasteiger partial charge on any atom is 0.522 e. The molecule has 0 aromatic heterocycles. The van der Waals surface area contributed by atoms with E-state index in [1.54, 1.807) is 41.5 Å². The highest BCUT2D eigenvalue weighted by Crippen LogP contribution is 2.29. The van der Waals surface area contributed by atoms with Crippen LogP contribution in [-0.4, -0.2) is 47.4 Å². The van der Waals surface area contributed by atoms with Gasteiger partial charge in [-0.3, -0.25) is 0 Å². The summed E-state index contributed by atoms with van der Waals surface area (Å²) in [5.74, 6) is 0. The van der Waals surface area contributed by atoms with E-state index in [0.717, 1.165) is 0 Å². The Morgan fingerprint density at radius 2 is 0.769 bits per heavy atom. The van der Waals surface area contributed by atoms with Gasteiger partial charge in [0.25, 0.3) is 0 Å². The predicted molar refractivity (Wildman–Crippen MR) is 88.6 cm³/mol. The van der Waals surface area contributed by atoms with E-state index < -0.39 is 60.9 Å². The lowest BCUT2D eigenvalue weighted by Crippen LogP contribution is -2.29. The minimum atomic E-state index is -5.37. The lowest BCUT2D eigenvalue weighted by Gasteiger charge is -2.17. The maximum absolute atomic E-state index is 11.7. The molecule has 26 heavy (non-hydrogen) atoms. The van der Waals surface area contributed by atoms with Crippen molar-refractivity contribution in [2.45, 2.75) is 62.6 Å². The fourth-order valence-electron chi connectivity index (χ4n) is 0.642. The molecule has 0 unspecified atom stereocenters. The van der Waals surface area contributed by atoms with Gasteiger partial charge in [-0.1, -0.05) is 41.5 Å². The number of hydrogen-bond donors (Lipinski definition) is 0. The molecule has 0 aromatic rings. The molecule has 6 nitrogen and oxygen atoms in total. The van der Waals surface area contributed by atoms with E-state index in [1.807, 2.05) is 0 Å². The van der Waals surface area contributed by atoms with Gasteiger partial charge in [-0.05, 0) is 10.1 Å². The number of alkyl halides is 6. The molecule has 0 aliphatic heterocycles. The van der Waals surface area contributed by atoms with Crippen molar-refractivity contribution in [3.63, 3.8) is 0 Å². The maximum atomic E-state index is 11.7. The van der Waals surface area contributed by atoms with Crippen molar-refractivity contribution in [1.82, 2.24) is 0 Å². The van der Waals surface area contributed by atoms with Gasteiger partial charge in [0, 0.05) is 0 Å². The summed E-state index contributed by atoms with van der Waals surface area (Å²) in [6.45, 7) is 9.78. The quantitative estimate of drug-likeness (QED) is 0.355. The van der Waals surface area contributed by atoms with Gasteiger partial charge in [0.15, 0.2) is 19.5 Å². The van der Waals surface area contributed by atoms with Crippen LogP contribution in [0.5, 0.6) is 0 Å². The van der Waals surface area contributed by atoms with Gasteiger partial charge in [0.2, 0.25) is 0 Å². The first-order chi connectivity index (χ1) is 10.9. The zero-order valence-corrected chi connectivity index (χ0v) is 19.4. The Morgan fingerprint density at radius 3 is 0.885 bits per heavy atom. The monoisotopic (exact) mass is 472 g/mol. The Morgan fingerprint density at radius 1 is 0.577 bits per heavy atom. The standard InChI is InChI=1S/2C5H11F3O3SSi/c2*1-4(2,3)13-11-12(9,10)5(6,7)8/h2*13H2,1-3H3. The molecule has 0 rings (SSSR count). The van der Waals surface area contributed by atoms with Crippen LogP contribution < -0.4 is 0 Å². The highest BCUT2D eigenvalue weighted by atomic mass is 32.2. The Hall–Kier alpha value is -0.166. The summed E-state index contributed by atoms with van der Waals surface area (Å²) in [4.78, 5) is 0. The van der Waals surface area contributed by atoms with Gasteiger partial charge >= 0.3 is 31.3 Å². The van der Waals surface area contributed by atoms with Gasteiger partial charge in [-0.2, -0.15) is 43.2 Å². The molecule has 0 N–H and O–H groups in total. The van der Waals surface area contributed by atoms with Crippen molar-refractivity contribution >= 4 is 39.8 Å². The molecule has 16 heteroatoms. The Balaban J connectivity index is 0. The van der Waals surface area contributed by atoms with Gasteiger partial charge in [-0.25, -0.2) is 0 Å². The summed E-state index contributed by atoms with van der Waals surface area (Å²) in [6.07, 6.45) is 0. The average Bonchev–Trinajstić information content (AvgIpc) is 2.31. The van der Waals surface area contributed by atoms with E-state index in [1.165, 1.54) is 0 Å². The molecule has 0 bridgehead atoms. The van der Waals surface area contributed by atoms with E-state index in [9.17, 15) is 43.2 Å². The van der Waals surface area contributed by atoms with Crippen LogP contribution in [0, 0.1) is 0 Å². The lowest BCUT2D eigenvalue weighted by atomic mass is 10.3. The van der Waals surface area contributed by atoms with Crippen LogP contribution >= 0.6 is 0 Å². The Labute approximate surface area is 153 Å². The van der Waals surface area contributed by atoms with Crippen LogP contribution in [0.2, 0.25) is 10.1 Å². The van der Waals surface area contributed by atoms with Crippen LogP contribution in [-0.2, 0) is 28.0 Å². The fourth-order valence-corrected chi connectivity index (χ4v) is 5.78. The molecule has 0 aromatic carbocycles. The van der Waals surface area contributed by atoms with E-state index in [-0.39, 0.29) is 0 Å². The van der Waals surface area contributed by atoms with Crippen LogP contribution in [0.3, 0.4) is 0 Å². The second-order valence-corrected chi connectivity index (χ2v) is 16.9. The predicted octanol–water partition coefficient (Wildman–Crippen LogP) is 2.31. The van der Waals surface area contributed by atoms with Crippen molar-refractivity contribution in [3.8, 4) is 0 Å². The minimum absolute atomic E-state index is 0.488. The molecular weight excluding hydrogens is 450 g/mol. The van der Waals surface area contributed by atoms with Crippen LogP contribution in [0.1, 0.15) is 41.5 Å². The zero-order chi connectivity index (χ0) is 21.8. The van der Waals surface area contributed by atoms with Crippen molar-refractivity contribution < 1.29 is 50.9 Å². The first kappa shape index (κ1) is 28.0. The molecule has 0 saturated carbocycles. The van der Waals surface area contributed by atoms with Crippen molar-refractivity contribution in [3.05, 3.63) is 0 Å². The average molecular weight is 473 g/mol. The normalized spacial score (nSPS) is 15.5. The summed E-state index contributed by atoms with van der Waals surface area (Å²) in [7, 11) is -14.2. The number of hydrogen-bond acceptors (Lipinski definition) is 6. The summed E-state index contributed by atoms with van der Waals surface area (Å²) in [5.41, 5.74) is -10.6. The molecule has 0 spiro atoms. The Bertz CT molecular complexity index is 585. The number of rotatable bonds is 4. The molecule has 0 aliphatic rings. The van der Waals surface area contributed by atoms with E-state index in [4.69, 9.17) is 0 Å². The fraction of sp³-hybridized carbons (Fsp3) is 1.00. The summed E-state index contributed by atoms with van der Waals surface area (Å²) < 4.78 is 120. The van der Waals surface area contributed by atoms with Crippen LogP contribution in [0.15, 0.2) is 0 Å². The summed E-state index contributed by atoms with van der Waals surface area (Å²) in [5, 5.41) is -0.976. The molecule has 0 saturated heterocycles. The smallest absolute Gasteiger partial charge is 0.315 e. The molecule has 0 fully saturated rings. The van der Waals surface area contributed by atoms with Crippen LogP contribution in [0.25, 0.3) is 0 Å². The molecular formula is C10H22F6O6S2Si2. The third-order valence-electron chi connectivity index (χ3n) is 1.86. The second kappa shape index (κ2) is 8.89. The van der Waals surface area contributed by atoms with E-state index in [2.05, 4.69) is 7.74 Å². The topological polar surface area (TPSA) is 86.7 Å². The SMILES string of the molecule is CC(C)(C)[SiH2]OS(=O)(=O)C(F)(F)F.CC(C)(C)[SiH2]OS(=O)(=O)C(F)(F)F. The summed E-state index contributed by atoms with van der Waals surface area (Å²) >= 11 is 0. The first-order valence-electron chi connectivity index (χ1n) is 6.83. The Kier molecular flexibility index (Phi) is 9.59. The molecule has 0 amide bonds. The first-order valence-corrected chi connectivity index (χ1v) is 12.2. The van der Waals surface area contributed by atoms with Gasteiger partial charge in [0.05, 0.1) is 0 Å². The third kappa shape index (κ3) is 12.3. The molecule has 0 heterocycles. The van der Waals surface area contributed by atoms with E-state index >= 15 is 0 Å². The highest BCUT2D eigenvalue weighted by Gasteiger charge is 2.48. The van der Waals surface area contributed by atoms with Gasteiger partial charge < -0.3 is 7.74 Å². The molecule has 0 aliphatic carbocycles. The van der Waals surface area contributed by atoms with E-state index in [0.29, 0.717) is 0 Å². The largest absolute Gasteiger partial charge is 0.522 e. The van der Waals surface area contributed by atoms with Crippen molar-refractivity contribution in [2.24, 2.45) is 0 Å². The van der Waals surface area contributed by atoms with Gasteiger partial charge in [-0.15, -0.1) is 0 Å². The molecule has 0 radical (unpaired) electrons. The van der Waals surface area contributed by atoms with Crippen LogP contribution in [0.4, 0.5) is 26.3 Å². The van der Waals surface area contributed by atoms with Crippen molar-refractivity contribution in [2.75, 3.05) is 0 Å². The second-order valence-electron chi connectivity index (χ2n) is 7.45. The van der Waals surface area contributed by atoms with Gasteiger partial charge in [0.1, 0.15) is 0 Å². The molecule has 0 atom stereocenters. The number of halogens is 6. The lowest BCUT2D eigenvalue weighted by molar-refractivity contribution is -0.0505. The summed E-state index contributed by atoms with van der Waals surface area (Å²) in [6, 6.07) is 0.